The molecule has 0 fully saturated rings. The van der Waals surface area contributed by atoms with E-state index in [0.717, 1.165) is 12.1 Å². The lowest BCUT2D eigenvalue weighted by molar-refractivity contribution is -0.131. The Bertz CT molecular complexity index is 673. The molecule has 0 saturated heterocycles. The molecule has 6 heteroatoms. The zero-order chi connectivity index (χ0) is 14.5. The van der Waals surface area contributed by atoms with Crippen molar-refractivity contribution in [3.63, 3.8) is 0 Å². The van der Waals surface area contributed by atoms with E-state index in [4.69, 9.17) is 21.4 Å². The molecule has 0 bridgehead atoms. The Labute approximate surface area is 119 Å². The number of hydrogen-bond acceptors (Lipinski definition) is 3. The zero-order valence-electron chi connectivity index (χ0n) is 10.1. The number of carboxylic acid groups (broad SMARTS) is 1. The van der Waals surface area contributed by atoms with Crippen LogP contribution in [0.5, 0.6) is 11.6 Å². The number of aromatic nitrogens is 1. The Hall–Kier alpha value is -2.40. The van der Waals surface area contributed by atoms with Crippen molar-refractivity contribution < 1.29 is 19.0 Å². The molecule has 1 N–H and O–H groups in total. The molecule has 0 saturated carbocycles. The SMILES string of the molecule is O=C(O)/C=C/c1cccnc1Oc1ccc(F)cc1Cl. The van der Waals surface area contributed by atoms with Gasteiger partial charge in [0.05, 0.1) is 5.02 Å². The maximum Gasteiger partial charge on any atom is 0.328 e. The van der Waals surface area contributed by atoms with Gasteiger partial charge in [-0.15, -0.1) is 0 Å². The third kappa shape index (κ3) is 3.55. The Kier molecular flexibility index (Phi) is 4.32. The lowest BCUT2D eigenvalue weighted by Gasteiger charge is -2.08. The summed E-state index contributed by atoms with van der Waals surface area (Å²) in [5, 5.41) is 8.72. The van der Waals surface area contributed by atoms with Crippen molar-refractivity contribution in [2.24, 2.45) is 0 Å². The minimum atomic E-state index is -1.08. The average molecular weight is 294 g/mol. The Morgan fingerprint density at radius 2 is 2.20 bits per heavy atom. The summed E-state index contributed by atoms with van der Waals surface area (Å²) in [6.07, 6.45) is 3.81. The molecule has 1 aromatic heterocycles. The number of pyridine rings is 1. The molecule has 20 heavy (non-hydrogen) atoms. The smallest absolute Gasteiger partial charge is 0.328 e. The third-order valence-electron chi connectivity index (χ3n) is 2.31. The van der Waals surface area contributed by atoms with Crippen molar-refractivity contribution in [1.29, 1.82) is 0 Å². The van der Waals surface area contributed by atoms with Gasteiger partial charge in [0, 0.05) is 17.8 Å². The number of nitrogens with zero attached hydrogens (tertiary/aromatic N) is 1. The molecule has 0 spiro atoms. The molecule has 1 aromatic carbocycles. The first-order valence-corrected chi connectivity index (χ1v) is 5.93. The molecule has 0 radical (unpaired) electrons. The lowest BCUT2D eigenvalue weighted by atomic mass is 10.2. The highest BCUT2D eigenvalue weighted by molar-refractivity contribution is 6.32. The van der Waals surface area contributed by atoms with E-state index in [9.17, 15) is 9.18 Å². The molecule has 2 aromatic rings. The summed E-state index contributed by atoms with van der Waals surface area (Å²) in [5.41, 5.74) is 0.468. The Balaban J connectivity index is 2.31. The number of halogens is 2. The highest BCUT2D eigenvalue weighted by atomic mass is 35.5. The molecule has 0 unspecified atom stereocenters. The number of ether oxygens (including phenoxy) is 1. The van der Waals surface area contributed by atoms with Gasteiger partial charge in [0.25, 0.3) is 0 Å². The van der Waals surface area contributed by atoms with E-state index in [1.54, 1.807) is 12.1 Å². The van der Waals surface area contributed by atoms with Crippen molar-refractivity contribution in [2.75, 3.05) is 0 Å². The first-order valence-electron chi connectivity index (χ1n) is 5.55. The van der Waals surface area contributed by atoms with Crippen LogP contribution >= 0.6 is 11.6 Å². The van der Waals surface area contributed by atoms with Gasteiger partial charge < -0.3 is 9.84 Å². The summed E-state index contributed by atoms with van der Waals surface area (Å²) < 4.78 is 18.4. The Morgan fingerprint density at radius 3 is 2.90 bits per heavy atom. The predicted octanol–water partition coefficient (Wildman–Crippen LogP) is 3.76. The Morgan fingerprint density at radius 1 is 1.40 bits per heavy atom. The average Bonchev–Trinajstić information content (AvgIpc) is 2.41. The zero-order valence-corrected chi connectivity index (χ0v) is 10.8. The number of carboxylic acids is 1. The fourth-order valence-corrected chi connectivity index (χ4v) is 1.64. The van der Waals surface area contributed by atoms with Crippen molar-refractivity contribution in [3.8, 4) is 11.6 Å². The minimum Gasteiger partial charge on any atom is -0.478 e. The van der Waals surface area contributed by atoms with Gasteiger partial charge in [-0.2, -0.15) is 0 Å². The van der Waals surface area contributed by atoms with Crippen LogP contribution in [0.2, 0.25) is 5.02 Å². The molecule has 0 aliphatic carbocycles. The summed E-state index contributed by atoms with van der Waals surface area (Å²) in [7, 11) is 0. The summed E-state index contributed by atoms with van der Waals surface area (Å²) in [4.78, 5) is 14.5. The molecule has 2 rings (SSSR count). The van der Waals surface area contributed by atoms with Gasteiger partial charge >= 0.3 is 5.97 Å². The number of hydrogen-bond donors (Lipinski definition) is 1. The van der Waals surface area contributed by atoms with Gasteiger partial charge in [-0.25, -0.2) is 14.2 Å². The predicted molar refractivity (Wildman–Crippen MR) is 72.4 cm³/mol. The second kappa shape index (κ2) is 6.16. The summed E-state index contributed by atoms with van der Waals surface area (Å²) in [6.45, 7) is 0. The van der Waals surface area contributed by atoms with E-state index < -0.39 is 11.8 Å². The number of carbonyl (C=O) groups is 1. The molecular formula is C14H9ClFNO3. The molecule has 4 nitrogen and oxygen atoms in total. The monoisotopic (exact) mass is 293 g/mol. The summed E-state index contributed by atoms with van der Waals surface area (Å²) >= 11 is 5.85. The second-order valence-corrected chi connectivity index (χ2v) is 4.15. The van der Waals surface area contributed by atoms with Gasteiger partial charge in [-0.05, 0) is 36.4 Å². The topological polar surface area (TPSA) is 59.4 Å². The van der Waals surface area contributed by atoms with Crippen LogP contribution in [0.3, 0.4) is 0 Å². The lowest BCUT2D eigenvalue weighted by Crippen LogP contribution is -1.93. The first kappa shape index (κ1) is 14.0. The number of benzene rings is 1. The molecule has 0 amide bonds. The van der Waals surface area contributed by atoms with Crippen LogP contribution in [-0.2, 0) is 4.79 Å². The normalized spacial score (nSPS) is 10.7. The fraction of sp³-hybridized carbons (Fsp3) is 0. The van der Waals surface area contributed by atoms with Crippen LogP contribution in [0.25, 0.3) is 6.08 Å². The molecule has 1 heterocycles. The number of rotatable bonds is 4. The van der Waals surface area contributed by atoms with Crippen LogP contribution in [0.1, 0.15) is 5.56 Å². The molecule has 0 aliphatic rings. The van der Waals surface area contributed by atoms with Crippen LogP contribution in [0.15, 0.2) is 42.6 Å². The van der Waals surface area contributed by atoms with E-state index >= 15 is 0 Å². The van der Waals surface area contributed by atoms with Crippen molar-refractivity contribution in [2.45, 2.75) is 0 Å². The quantitative estimate of drug-likeness (QED) is 0.872. The third-order valence-corrected chi connectivity index (χ3v) is 2.60. The first-order chi connectivity index (χ1) is 9.56. The maximum atomic E-state index is 12.9. The summed E-state index contributed by atoms with van der Waals surface area (Å²) in [5.74, 6) is -1.15. The van der Waals surface area contributed by atoms with Crippen molar-refractivity contribution in [1.82, 2.24) is 4.98 Å². The standard InChI is InChI=1S/C14H9ClFNO3/c15-11-8-10(16)4-5-12(11)20-14-9(2-1-7-17-14)3-6-13(18)19/h1-8H,(H,18,19)/b6-3+. The molecule has 102 valence electrons. The molecule has 0 atom stereocenters. The second-order valence-electron chi connectivity index (χ2n) is 3.75. The van der Waals surface area contributed by atoms with Gasteiger partial charge in [0.15, 0.2) is 0 Å². The van der Waals surface area contributed by atoms with Crippen LogP contribution in [-0.4, -0.2) is 16.1 Å². The molecular weight excluding hydrogens is 285 g/mol. The van der Waals surface area contributed by atoms with E-state index in [1.165, 1.54) is 24.4 Å². The van der Waals surface area contributed by atoms with Crippen LogP contribution in [0.4, 0.5) is 4.39 Å². The highest BCUT2D eigenvalue weighted by Crippen LogP contribution is 2.30. The van der Waals surface area contributed by atoms with Crippen molar-refractivity contribution in [3.05, 3.63) is 59.0 Å². The molecule has 0 aliphatic heterocycles. The minimum absolute atomic E-state index is 0.101. The van der Waals surface area contributed by atoms with Crippen LogP contribution in [0, 0.1) is 5.82 Å². The van der Waals surface area contributed by atoms with Crippen LogP contribution < -0.4 is 4.74 Å². The van der Waals surface area contributed by atoms with E-state index in [1.807, 2.05) is 0 Å². The maximum absolute atomic E-state index is 12.9. The van der Waals surface area contributed by atoms with Gasteiger partial charge in [-0.3, -0.25) is 0 Å². The number of aliphatic carboxylic acids is 1. The fourth-order valence-electron chi connectivity index (χ4n) is 1.44. The summed E-state index contributed by atoms with van der Waals surface area (Å²) in [6, 6.07) is 6.97. The van der Waals surface area contributed by atoms with Crippen molar-refractivity contribution >= 4 is 23.6 Å². The van der Waals surface area contributed by atoms with Gasteiger partial charge in [-0.1, -0.05) is 11.6 Å². The highest BCUT2D eigenvalue weighted by Gasteiger charge is 2.08. The van der Waals surface area contributed by atoms with E-state index in [2.05, 4.69) is 4.98 Å². The van der Waals surface area contributed by atoms with Gasteiger partial charge in [0.2, 0.25) is 5.88 Å². The van der Waals surface area contributed by atoms with Gasteiger partial charge in [0.1, 0.15) is 11.6 Å². The largest absolute Gasteiger partial charge is 0.478 e. The van der Waals surface area contributed by atoms with E-state index in [-0.39, 0.29) is 16.7 Å². The van der Waals surface area contributed by atoms with E-state index in [0.29, 0.717) is 5.56 Å².